The van der Waals surface area contributed by atoms with E-state index >= 15 is 0 Å². The third-order valence-corrected chi connectivity index (χ3v) is 6.51. The Morgan fingerprint density at radius 1 is 1.15 bits per heavy atom. The second kappa shape index (κ2) is 8.83. The predicted molar refractivity (Wildman–Crippen MR) is 132 cm³/mol. The number of esters is 1. The zero-order chi connectivity index (χ0) is 22.9. The number of anilines is 1. The molecule has 1 saturated heterocycles. The molecule has 0 spiro atoms. The van der Waals surface area contributed by atoms with E-state index in [9.17, 15) is 4.79 Å². The molecular formula is C26H29N5O2. The van der Waals surface area contributed by atoms with Gasteiger partial charge in [-0.15, -0.1) is 0 Å². The van der Waals surface area contributed by atoms with Crippen LogP contribution >= 0.6 is 0 Å². The number of nitrogens with zero attached hydrogens (tertiary/aromatic N) is 4. The molecule has 4 aromatic rings. The van der Waals surface area contributed by atoms with Crippen LogP contribution in [0, 0.1) is 0 Å². The molecule has 0 amide bonds. The molecule has 1 N–H and O–H groups in total. The number of rotatable bonds is 5. The number of carbonyl (C=O) groups is 1. The minimum Gasteiger partial charge on any atom is -0.461 e. The van der Waals surface area contributed by atoms with Crippen molar-refractivity contribution in [3.63, 3.8) is 0 Å². The first-order valence-electron chi connectivity index (χ1n) is 11.5. The van der Waals surface area contributed by atoms with Gasteiger partial charge in [0.25, 0.3) is 0 Å². The fraction of sp³-hybridized carbons (Fsp3) is 0.346. The monoisotopic (exact) mass is 443 g/mol. The smallest absolute Gasteiger partial charge is 0.354 e. The van der Waals surface area contributed by atoms with Crippen molar-refractivity contribution in [2.45, 2.75) is 25.8 Å². The van der Waals surface area contributed by atoms with E-state index in [1.807, 2.05) is 42.9 Å². The summed E-state index contributed by atoms with van der Waals surface area (Å²) in [4.78, 5) is 23.9. The van der Waals surface area contributed by atoms with E-state index in [4.69, 9.17) is 9.72 Å². The SMILES string of the molecule is CCOC(=O)c1cc2cc(-c3cc(NC4CCN(C)CC4)c4cnccc4n3)ccc2n1C. The number of piperidine rings is 1. The number of aryl methyl sites for hydroxylation is 1. The lowest BCUT2D eigenvalue weighted by Gasteiger charge is -2.30. The lowest BCUT2D eigenvalue weighted by Crippen LogP contribution is -2.36. The maximum atomic E-state index is 12.3. The topological polar surface area (TPSA) is 72.3 Å². The van der Waals surface area contributed by atoms with E-state index in [-0.39, 0.29) is 5.97 Å². The van der Waals surface area contributed by atoms with Crippen LogP contribution in [0.15, 0.2) is 48.8 Å². The molecule has 1 aromatic carbocycles. The van der Waals surface area contributed by atoms with Gasteiger partial charge in [0.15, 0.2) is 0 Å². The number of ether oxygens (including phenoxy) is 1. The van der Waals surface area contributed by atoms with Crippen LogP contribution in [-0.4, -0.2) is 58.2 Å². The molecule has 170 valence electrons. The van der Waals surface area contributed by atoms with E-state index in [1.165, 1.54) is 0 Å². The Labute approximate surface area is 193 Å². The minimum atomic E-state index is -0.307. The summed E-state index contributed by atoms with van der Waals surface area (Å²) < 4.78 is 7.09. The highest BCUT2D eigenvalue weighted by molar-refractivity contribution is 5.98. The summed E-state index contributed by atoms with van der Waals surface area (Å²) in [6, 6.07) is 12.6. The molecule has 0 radical (unpaired) electrons. The average molecular weight is 444 g/mol. The normalized spacial score (nSPS) is 15.2. The Kier molecular flexibility index (Phi) is 5.72. The number of benzene rings is 1. The Hall–Kier alpha value is -3.45. The lowest BCUT2D eigenvalue weighted by molar-refractivity contribution is 0.0516. The molecule has 0 atom stereocenters. The van der Waals surface area contributed by atoms with Gasteiger partial charge in [-0.1, -0.05) is 6.07 Å². The summed E-state index contributed by atoms with van der Waals surface area (Å²) in [5.74, 6) is -0.307. The van der Waals surface area contributed by atoms with Crippen LogP contribution in [0.3, 0.4) is 0 Å². The molecule has 5 rings (SSSR count). The highest BCUT2D eigenvalue weighted by atomic mass is 16.5. The van der Waals surface area contributed by atoms with Crippen LogP contribution in [0.4, 0.5) is 5.69 Å². The Bertz CT molecular complexity index is 1320. The fourth-order valence-corrected chi connectivity index (χ4v) is 4.62. The van der Waals surface area contributed by atoms with Crippen LogP contribution in [0.25, 0.3) is 33.1 Å². The first-order chi connectivity index (χ1) is 16.0. The number of likely N-dealkylation sites (tertiary alicyclic amines) is 1. The average Bonchev–Trinajstić information content (AvgIpc) is 3.16. The van der Waals surface area contributed by atoms with Crippen LogP contribution in [0.2, 0.25) is 0 Å². The van der Waals surface area contributed by atoms with Crippen LogP contribution in [0.5, 0.6) is 0 Å². The van der Waals surface area contributed by atoms with E-state index in [2.05, 4.69) is 40.4 Å². The summed E-state index contributed by atoms with van der Waals surface area (Å²) >= 11 is 0. The van der Waals surface area contributed by atoms with E-state index in [0.717, 1.165) is 64.7 Å². The van der Waals surface area contributed by atoms with Gasteiger partial charge in [0.05, 0.1) is 17.8 Å². The molecular weight excluding hydrogens is 414 g/mol. The Morgan fingerprint density at radius 3 is 2.76 bits per heavy atom. The highest BCUT2D eigenvalue weighted by Crippen LogP contribution is 2.31. The summed E-state index contributed by atoms with van der Waals surface area (Å²) in [6.07, 6.45) is 5.89. The van der Waals surface area contributed by atoms with Crippen molar-refractivity contribution >= 4 is 33.5 Å². The van der Waals surface area contributed by atoms with Gasteiger partial charge in [0.1, 0.15) is 5.69 Å². The molecule has 33 heavy (non-hydrogen) atoms. The first-order valence-corrected chi connectivity index (χ1v) is 11.5. The third-order valence-electron chi connectivity index (χ3n) is 6.51. The van der Waals surface area contributed by atoms with Gasteiger partial charge in [-0.3, -0.25) is 4.98 Å². The second-order valence-electron chi connectivity index (χ2n) is 8.75. The zero-order valence-corrected chi connectivity index (χ0v) is 19.3. The molecule has 0 saturated carbocycles. The van der Waals surface area contributed by atoms with Gasteiger partial charge >= 0.3 is 5.97 Å². The molecule has 0 bridgehead atoms. The van der Waals surface area contributed by atoms with Crippen molar-refractivity contribution < 1.29 is 9.53 Å². The van der Waals surface area contributed by atoms with Crippen molar-refractivity contribution in [3.8, 4) is 11.3 Å². The van der Waals surface area contributed by atoms with E-state index in [0.29, 0.717) is 18.3 Å². The first kappa shape index (κ1) is 21.4. The molecule has 0 unspecified atom stereocenters. The molecule has 1 fully saturated rings. The van der Waals surface area contributed by atoms with Gasteiger partial charge in [-0.25, -0.2) is 9.78 Å². The molecule has 4 heterocycles. The van der Waals surface area contributed by atoms with Gasteiger partial charge in [0, 0.05) is 53.0 Å². The highest BCUT2D eigenvalue weighted by Gasteiger charge is 2.19. The summed E-state index contributed by atoms with van der Waals surface area (Å²) in [7, 11) is 4.06. The van der Waals surface area contributed by atoms with Crippen LogP contribution in [0.1, 0.15) is 30.3 Å². The number of aromatic nitrogens is 3. The van der Waals surface area contributed by atoms with Crippen molar-refractivity contribution in [2.24, 2.45) is 7.05 Å². The number of carbonyl (C=O) groups excluding carboxylic acids is 1. The molecule has 0 aliphatic carbocycles. The number of nitrogens with one attached hydrogen (secondary N) is 1. The van der Waals surface area contributed by atoms with Crippen molar-refractivity contribution in [3.05, 3.63) is 54.5 Å². The molecule has 1 aliphatic rings. The Balaban J connectivity index is 1.54. The van der Waals surface area contributed by atoms with Crippen molar-refractivity contribution in [2.75, 3.05) is 32.1 Å². The van der Waals surface area contributed by atoms with Crippen molar-refractivity contribution in [1.82, 2.24) is 19.4 Å². The van der Waals surface area contributed by atoms with Gasteiger partial charge < -0.3 is 19.5 Å². The van der Waals surface area contributed by atoms with Crippen molar-refractivity contribution in [1.29, 1.82) is 0 Å². The molecule has 7 heteroatoms. The summed E-state index contributed by atoms with van der Waals surface area (Å²) in [5, 5.41) is 5.78. The van der Waals surface area contributed by atoms with E-state index in [1.54, 1.807) is 6.20 Å². The molecule has 1 aliphatic heterocycles. The molecule has 3 aromatic heterocycles. The quantitative estimate of drug-likeness (QED) is 0.459. The second-order valence-corrected chi connectivity index (χ2v) is 8.75. The largest absolute Gasteiger partial charge is 0.461 e. The number of hydrogen-bond donors (Lipinski definition) is 1. The lowest BCUT2D eigenvalue weighted by atomic mass is 10.0. The maximum Gasteiger partial charge on any atom is 0.354 e. The van der Waals surface area contributed by atoms with Gasteiger partial charge in [0.2, 0.25) is 0 Å². The zero-order valence-electron chi connectivity index (χ0n) is 19.3. The number of hydrogen-bond acceptors (Lipinski definition) is 6. The van der Waals surface area contributed by atoms with Crippen LogP contribution in [-0.2, 0) is 11.8 Å². The number of fused-ring (bicyclic) bond motifs is 2. The summed E-state index contributed by atoms with van der Waals surface area (Å²) in [6.45, 7) is 4.36. The Morgan fingerprint density at radius 2 is 1.97 bits per heavy atom. The maximum absolute atomic E-state index is 12.3. The van der Waals surface area contributed by atoms with Gasteiger partial charge in [-0.05, 0) is 70.2 Å². The van der Waals surface area contributed by atoms with Gasteiger partial charge in [-0.2, -0.15) is 0 Å². The third kappa shape index (κ3) is 4.16. The van der Waals surface area contributed by atoms with E-state index < -0.39 is 0 Å². The standard InChI is InChI=1S/C26H29N5O2/c1-4-33-26(32)25-14-18-13-17(5-6-24(18)31(25)3)22-15-23(20-16-27-10-7-21(20)29-22)28-19-8-11-30(2)12-9-19/h5-7,10,13-16,19H,4,8-9,11-12H2,1-3H3,(H,28,29). The fourth-order valence-electron chi connectivity index (χ4n) is 4.62. The number of pyridine rings is 2. The minimum absolute atomic E-state index is 0.307. The molecule has 7 nitrogen and oxygen atoms in total. The summed E-state index contributed by atoms with van der Waals surface area (Å²) in [5.41, 5.74) is 5.42. The van der Waals surface area contributed by atoms with Crippen LogP contribution < -0.4 is 5.32 Å². The predicted octanol–water partition coefficient (Wildman–Crippen LogP) is 4.47.